The lowest BCUT2D eigenvalue weighted by atomic mass is 10.2. The van der Waals surface area contributed by atoms with Crippen molar-refractivity contribution in [3.63, 3.8) is 0 Å². The van der Waals surface area contributed by atoms with Crippen molar-refractivity contribution in [3.8, 4) is 0 Å². The number of nitrogens with one attached hydrogen (secondary N) is 1. The molecule has 1 heterocycles. The first kappa shape index (κ1) is 14.1. The van der Waals surface area contributed by atoms with Gasteiger partial charge in [0.25, 0.3) is 0 Å². The summed E-state index contributed by atoms with van der Waals surface area (Å²) in [5.41, 5.74) is 0.841. The molecule has 2 rings (SSSR count). The summed E-state index contributed by atoms with van der Waals surface area (Å²) in [7, 11) is 0. The second kappa shape index (κ2) is 6.25. The summed E-state index contributed by atoms with van der Waals surface area (Å²) in [6, 6.07) is 5.37. The molecule has 1 N–H and O–H groups in total. The van der Waals surface area contributed by atoms with Gasteiger partial charge in [-0.25, -0.2) is 14.1 Å². The van der Waals surface area contributed by atoms with Gasteiger partial charge in [0.2, 0.25) is 0 Å². The molecule has 0 aliphatic rings. The molecule has 4 nitrogen and oxygen atoms in total. The van der Waals surface area contributed by atoms with Gasteiger partial charge in [-0.3, -0.25) is 0 Å². The molecular weight excluding hydrogens is 311 g/mol. The van der Waals surface area contributed by atoms with Gasteiger partial charge in [-0.05, 0) is 27.6 Å². The molecule has 1 aromatic carbocycles. The number of rotatable bonds is 5. The summed E-state index contributed by atoms with van der Waals surface area (Å²) in [6.45, 7) is 5.27. The van der Waals surface area contributed by atoms with E-state index < -0.39 is 0 Å². The smallest absolute Gasteiger partial charge is 0.164 e. The number of halogens is 2. The van der Waals surface area contributed by atoms with Crippen LogP contribution in [0.4, 0.5) is 4.39 Å². The van der Waals surface area contributed by atoms with Crippen LogP contribution in [0.5, 0.6) is 0 Å². The molecule has 102 valence electrons. The highest BCUT2D eigenvalue weighted by Crippen LogP contribution is 2.20. The monoisotopic (exact) mass is 326 g/mol. The van der Waals surface area contributed by atoms with E-state index in [1.54, 1.807) is 17.1 Å². The van der Waals surface area contributed by atoms with Crippen LogP contribution in [0.15, 0.2) is 29.0 Å². The number of nitrogens with zero attached hydrogens (tertiary/aromatic N) is 3. The Kier molecular flexibility index (Phi) is 4.66. The van der Waals surface area contributed by atoms with E-state index in [0.717, 1.165) is 11.4 Å². The molecule has 0 spiro atoms. The minimum atomic E-state index is -0.265. The normalized spacial score (nSPS) is 11.2. The fourth-order valence-corrected chi connectivity index (χ4v) is 2.02. The van der Waals surface area contributed by atoms with Gasteiger partial charge in [-0.15, -0.1) is 0 Å². The second-order valence-corrected chi connectivity index (χ2v) is 5.40. The van der Waals surface area contributed by atoms with E-state index in [0.29, 0.717) is 23.6 Å². The van der Waals surface area contributed by atoms with Crippen LogP contribution < -0.4 is 5.32 Å². The zero-order valence-electron chi connectivity index (χ0n) is 10.9. The Morgan fingerprint density at radius 2 is 2.21 bits per heavy atom. The van der Waals surface area contributed by atoms with Crippen molar-refractivity contribution in [2.75, 3.05) is 0 Å². The minimum Gasteiger partial charge on any atom is -0.308 e. The van der Waals surface area contributed by atoms with Gasteiger partial charge >= 0.3 is 0 Å². The Hall–Kier alpha value is -1.27. The number of aromatic nitrogens is 3. The standard InChI is InChI=1S/C13H16BrFN4/c1-9(2)16-6-12-17-8-19(18-12)7-10-4-3-5-11(15)13(10)14/h3-5,8-9,16H,6-7H2,1-2H3. The largest absolute Gasteiger partial charge is 0.308 e. The van der Waals surface area contributed by atoms with Gasteiger partial charge < -0.3 is 5.32 Å². The molecule has 0 aliphatic carbocycles. The second-order valence-electron chi connectivity index (χ2n) is 4.61. The average molecular weight is 327 g/mol. The van der Waals surface area contributed by atoms with E-state index in [2.05, 4.69) is 45.2 Å². The maximum Gasteiger partial charge on any atom is 0.164 e. The third-order valence-corrected chi connectivity index (χ3v) is 3.50. The van der Waals surface area contributed by atoms with Gasteiger partial charge in [0.15, 0.2) is 5.82 Å². The Morgan fingerprint density at radius 3 is 2.95 bits per heavy atom. The molecule has 6 heteroatoms. The maximum absolute atomic E-state index is 13.4. The molecule has 0 unspecified atom stereocenters. The maximum atomic E-state index is 13.4. The van der Waals surface area contributed by atoms with E-state index in [1.807, 2.05) is 6.07 Å². The van der Waals surface area contributed by atoms with Crippen molar-refractivity contribution in [1.29, 1.82) is 0 Å². The first-order chi connectivity index (χ1) is 9.06. The fourth-order valence-electron chi connectivity index (χ4n) is 1.63. The van der Waals surface area contributed by atoms with E-state index >= 15 is 0 Å². The van der Waals surface area contributed by atoms with Crippen molar-refractivity contribution >= 4 is 15.9 Å². The lowest BCUT2D eigenvalue weighted by molar-refractivity contribution is 0.564. The molecule has 0 radical (unpaired) electrons. The molecule has 0 fully saturated rings. The van der Waals surface area contributed by atoms with Gasteiger partial charge in [-0.1, -0.05) is 26.0 Å². The van der Waals surface area contributed by atoms with Crippen LogP contribution in [0.1, 0.15) is 25.2 Å². The molecule has 1 aromatic heterocycles. The van der Waals surface area contributed by atoms with Crippen LogP contribution >= 0.6 is 15.9 Å². The summed E-state index contributed by atoms with van der Waals surface area (Å²) in [6.07, 6.45) is 1.66. The highest BCUT2D eigenvalue weighted by atomic mass is 79.9. The van der Waals surface area contributed by atoms with Crippen LogP contribution in [0.25, 0.3) is 0 Å². The quantitative estimate of drug-likeness (QED) is 0.918. The topological polar surface area (TPSA) is 42.7 Å². The lowest BCUT2D eigenvalue weighted by Gasteiger charge is -2.05. The Morgan fingerprint density at radius 1 is 1.42 bits per heavy atom. The van der Waals surface area contributed by atoms with Crippen molar-refractivity contribution in [1.82, 2.24) is 20.1 Å². The molecule has 0 amide bonds. The average Bonchev–Trinajstić information content (AvgIpc) is 2.80. The Labute approximate surface area is 120 Å². The molecule has 0 saturated carbocycles. The first-order valence-electron chi connectivity index (χ1n) is 6.11. The zero-order valence-corrected chi connectivity index (χ0v) is 12.5. The Balaban J connectivity index is 2.05. The molecule has 0 atom stereocenters. The summed E-state index contributed by atoms with van der Waals surface area (Å²) < 4.78 is 15.6. The van der Waals surface area contributed by atoms with Gasteiger partial charge in [0, 0.05) is 6.04 Å². The van der Waals surface area contributed by atoms with Crippen LogP contribution in [0, 0.1) is 5.82 Å². The highest BCUT2D eigenvalue weighted by molar-refractivity contribution is 9.10. The Bertz CT molecular complexity index is 553. The summed E-state index contributed by atoms with van der Waals surface area (Å²) >= 11 is 3.25. The number of hydrogen-bond acceptors (Lipinski definition) is 3. The van der Waals surface area contributed by atoms with E-state index in [9.17, 15) is 4.39 Å². The molecular formula is C13H16BrFN4. The highest BCUT2D eigenvalue weighted by Gasteiger charge is 2.07. The van der Waals surface area contributed by atoms with Crippen molar-refractivity contribution < 1.29 is 4.39 Å². The number of benzene rings is 1. The van der Waals surface area contributed by atoms with E-state index in [4.69, 9.17) is 0 Å². The first-order valence-corrected chi connectivity index (χ1v) is 6.90. The third kappa shape index (κ3) is 3.84. The van der Waals surface area contributed by atoms with E-state index in [-0.39, 0.29) is 5.82 Å². The fraction of sp³-hybridized carbons (Fsp3) is 0.385. The van der Waals surface area contributed by atoms with E-state index in [1.165, 1.54) is 6.07 Å². The van der Waals surface area contributed by atoms with Crippen molar-refractivity contribution in [2.45, 2.75) is 33.0 Å². The van der Waals surface area contributed by atoms with Crippen LogP contribution in [-0.4, -0.2) is 20.8 Å². The van der Waals surface area contributed by atoms with Crippen molar-refractivity contribution in [3.05, 3.63) is 46.2 Å². The summed E-state index contributed by atoms with van der Waals surface area (Å²) in [4.78, 5) is 4.22. The third-order valence-electron chi connectivity index (χ3n) is 2.62. The van der Waals surface area contributed by atoms with Crippen molar-refractivity contribution in [2.24, 2.45) is 0 Å². The molecule has 2 aromatic rings. The SMILES string of the molecule is CC(C)NCc1ncn(Cc2cccc(F)c2Br)n1. The molecule has 19 heavy (non-hydrogen) atoms. The zero-order chi connectivity index (χ0) is 13.8. The van der Waals surface area contributed by atoms with Crippen LogP contribution in [0.2, 0.25) is 0 Å². The van der Waals surface area contributed by atoms with Gasteiger partial charge in [-0.2, -0.15) is 5.10 Å². The molecule has 0 bridgehead atoms. The predicted octanol–water partition coefficient (Wildman–Crippen LogP) is 2.73. The lowest BCUT2D eigenvalue weighted by Crippen LogP contribution is -2.22. The van der Waals surface area contributed by atoms with Gasteiger partial charge in [0.05, 0.1) is 17.6 Å². The number of hydrogen-bond donors (Lipinski definition) is 1. The van der Waals surface area contributed by atoms with Crippen LogP contribution in [0.3, 0.4) is 0 Å². The molecule has 0 aliphatic heterocycles. The summed E-state index contributed by atoms with van der Waals surface area (Å²) in [5, 5.41) is 7.60. The summed E-state index contributed by atoms with van der Waals surface area (Å²) in [5.74, 6) is 0.473. The van der Waals surface area contributed by atoms with Gasteiger partial charge in [0.1, 0.15) is 12.1 Å². The minimum absolute atomic E-state index is 0.265. The predicted molar refractivity (Wildman–Crippen MR) is 75.2 cm³/mol. The molecule has 0 saturated heterocycles. The van der Waals surface area contributed by atoms with Crippen LogP contribution in [-0.2, 0) is 13.1 Å².